The van der Waals surface area contributed by atoms with Crippen LogP contribution in [0.15, 0.2) is 24.3 Å². The summed E-state index contributed by atoms with van der Waals surface area (Å²) in [7, 11) is 5.66. The van der Waals surface area contributed by atoms with Gasteiger partial charge in [-0.2, -0.15) is 0 Å². The number of benzene rings is 1. The minimum atomic E-state index is 0.00403. The Morgan fingerprint density at radius 1 is 1.31 bits per heavy atom. The van der Waals surface area contributed by atoms with Crippen molar-refractivity contribution in [1.82, 2.24) is 4.90 Å². The molecule has 0 unspecified atom stereocenters. The van der Waals surface area contributed by atoms with Crippen molar-refractivity contribution in [3.8, 4) is 0 Å². The molecule has 0 aliphatic carbocycles. The fourth-order valence-electron chi connectivity index (χ4n) is 1.37. The van der Waals surface area contributed by atoms with E-state index in [4.69, 9.17) is 11.6 Å². The van der Waals surface area contributed by atoms with Crippen LogP contribution < -0.4 is 4.90 Å². The van der Waals surface area contributed by atoms with Crippen LogP contribution in [0.4, 0.5) is 5.69 Å². The molecule has 16 heavy (non-hydrogen) atoms. The van der Waals surface area contributed by atoms with E-state index in [0.717, 1.165) is 5.69 Å². The highest BCUT2D eigenvalue weighted by molar-refractivity contribution is 6.18. The van der Waals surface area contributed by atoms with Gasteiger partial charge in [0.25, 0.3) is 5.91 Å². The van der Waals surface area contributed by atoms with Gasteiger partial charge in [0.15, 0.2) is 0 Å². The summed E-state index contributed by atoms with van der Waals surface area (Å²) >= 11 is 5.61. The fourth-order valence-corrected chi connectivity index (χ4v) is 1.62. The fraction of sp³-hybridized carbons (Fsp3) is 0.417. The second-order valence-electron chi connectivity index (χ2n) is 3.86. The molecule has 0 radical (unpaired) electrons. The summed E-state index contributed by atoms with van der Waals surface area (Å²) in [6.07, 6.45) is 0. The first-order valence-electron chi connectivity index (χ1n) is 5.15. The van der Waals surface area contributed by atoms with Gasteiger partial charge in [0.05, 0.1) is 0 Å². The third-order valence-corrected chi connectivity index (χ3v) is 2.55. The summed E-state index contributed by atoms with van der Waals surface area (Å²) in [5, 5.41) is 0. The second kappa shape index (κ2) is 5.75. The minimum absolute atomic E-state index is 0.00403. The first-order chi connectivity index (χ1) is 7.56. The van der Waals surface area contributed by atoms with Crippen molar-refractivity contribution in [3.63, 3.8) is 0 Å². The summed E-state index contributed by atoms with van der Waals surface area (Å²) in [6.45, 7) is 0.562. The number of halogens is 1. The summed E-state index contributed by atoms with van der Waals surface area (Å²) in [4.78, 5) is 15.6. The Hall–Kier alpha value is -1.22. The number of rotatable bonds is 4. The Morgan fingerprint density at radius 2 is 2.00 bits per heavy atom. The minimum Gasteiger partial charge on any atom is -0.378 e. The van der Waals surface area contributed by atoms with E-state index in [1.807, 2.05) is 43.3 Å². The summed E-state index contributed by atoms with van der Waals surface area (Å²) in [6, 6.07) is 7.56. The van der Waals surface area contributed by atoms with E-state index in [2.05, 4.69) is 0 Å². The van der Waals surface area contributed by atoms with Crippen molar-refractivity contribution in [1.29, 1.82) is 0 Å². The van der Waals surface area contributed by atoms with E-state index < -0.39 is 0 Å². The number of anilines is 1. The summed E-state index contributed by atoms with van der Waals surface area (Å²) < 4.78 is 0. The van der Waals surface area contributed by atoms with Crippen LogP contribution in [-0.4, -0.2) is 44.4 Å². The lowest BCUT2D eigenvalue weighted by Crippen LogP contribution is -2.28. The number of carbonyl (C=O) groups excluding carboxylic acids is 1. The smallest absolute Gasteiger partial charge is 0.253 e. The zero-order chi connectivity index (χ0) is 12.1. The third kappa shape index (κ3) is 3.14. The molecule has 0 heterocycles. The van der Waals surface area contributed by atoms with E-state index >= 15 is 0 Å². The number of alkyl halides is 1. The van der Waals surface area contributed by atoms with Crippen LogP contribution in [0.25, 0.3) is 0 Å². The number of nitrogens with zero attached hydrogens (tertiary/aromatic N) is 2. The number of hydrogen-bond acceptors (Lipinski definition) is 2. The van der Waals surface area contributed by atoms with Crippen LogP contribution in [0.5, 0.6) is 0 Å². The molecule has 1 rings (SSSR count). The van der Waals surface area contributed by atoms with Gasteiger partial charge in [0.2, 0.25) is 0 Å². The van der Waals surface area contributed by atoms with E-state index in [1.165, 1.54) is 0 Å². The molecule has 88 valence electrons. The largest absolute Gasteiger partial charge is 0.378 e. The molecule has 3 nitrogen and oxygen atoms in total. The number of carbonyl (C=O) groups is 1. The number of amides is 1. The third-order valence-electron chi connectivity index (χ3n) is 2.38. The molecular formula is C12H17ClN2O. The van der Waals surface area contributed by atoms with Gasteiger partial charge in [-0.05, 0) is 18.2 Å². The second-order valence-corrected chi connectivity index (χ2v) is 4.24. The molecule has 0 aliphatic rings. The zero-order valence-electron chi connectivity index (χ0n) is 9.90. The average molecular weight is 241 g/mol. The first kappa shape index (κ1) is 12.8. The molecule has 4 heteroatoms. The van der Waals surface area contributed by atoms with Crippen molar-refractivity contribution < 1.29 is 4.79 Å². The van der Waals surface area contributed by atoms with Gasteiger partial charge in [0.1, 0.15) is 0 Å². The highest BCUT2D eigenvalue weighted by Crippen LogP contribution is 2.14. The molecule has 0 spiro atoms. The standard InChI is InChI=1S/C12H17ClN2O/c1-14(2)11-6-4-5-10(9-11)12(16)15(3)8-7-13/h4-6,9H,7-8H2,1-3H3. The Balaban J connectivity index is 2.87. The van der Waals surface area contributed by atoms with Crippen LogP contribution in [0.1, 0.15) is 10.4 Å². The van der Waals surface area contributed by atoms with Crippen LogP contribution in [0, 0.1) is 0 Å². The molecule has 0 aliphatic heterocycles. The zero-order valence-corrected chi connectivity index (χ0v) is 10.7. The van der Waals surface area contributed by atoms with E-state index in [1.54, 1.807) is 11.9 Å². The van der Waals surface area contributed by atoms with Crippen molar-refractivity contribution in [3.05, 3.63) is 29.8 Å². The van der Waals surface area contributed by atoms with E-state index in [-0.39, 0.29) is 5.91 Å². The highest BCUT2D eigenvalue weighted by Gasteiger charge is 2.11. The van der Waals surface area contributed by atoms with Crippen molar-refractivity contribution in [2.45, 2.75) is 0 Å². The van der Waals surface area contributed by atoms with Gasteiger partial charge >= 0.3 is 0 Å². The van der Waals surface area contributed by atoms with Gasteiger partial charge in [-0.3, -0.25) is 4.79 Å². The van der Waals surface area contributed by atoms with Gasteiger partial charge in [0, 0.05) is 44.8 Å². The lowest BCUT2D eigenvalue weighted by atomic mass is 10.1. The molecule has 0 fully saturated rings. The molecule has 0 aromatic heterocycles. The SMILES string of the molecule is CN(CCCl)C(=O)c1cccc(N(C)C)c1. The van der Waals surface area contributed by atoms with E-state index in [9.17, 15) is 4.79 Å². The Morgan fingerprint density at radius 3 is 2.56 bits per heavy atom. The molecule has 1 aromatic rings. The quantitative estimate of drug-likeness (QED) is 0.753. The molecule has 0 saturated heterocycles. The van der Waals surface area contributed by atoms with E-state index in [0.29, 0.717) is 18.0 Å². The highest BCUT2D eigenvalue weighted by atomic mass is 35.5. The van der Waals surface area contributed by atoms with Gasteiger partial charge < -0.3 is 9.80 Å². The lowest BCUT2D eigenvalue weighted by Gasteiger charge is -2.17. The van der Waals surface area contributed by atoms with Crippen molar-refractivity contribution in [2.24, 2.45) is 0 Å². The molecule has 0 atom stereocenters. The van der Waals surface area contributed by atoms with Gasteiger partial charge in [-0.25, -0.2) is 0 Å². The van der Waals surface area contributed by atoms with Crippen LogP contribution in [0.3, 0.4) is 0 Å². The normalized spacial score (nSPS) is 10.0. The maximum absolute atomic E-state index is 12.0. The maximum atomic E-state index is 12.0. The van der Waals surface area contributed by atoms with Gasteiger partial charge in [-0.15, -0.1) is 11.6 Å². The molecule has 1 aromatic carbocycles. The predicted molar refractivity (Wildman–Crippen MR) is 68.4 cm³/mol. The van der Waals surface area contributed by atoms with Crippen LogP contribution in [0.2, 0.25) is 0 Å². The molecule has 0 bridgehead atoms. The lowest BCUT2D eigenvalue weighted by molar-refractivity contribution is 0.0803. The first-order valence-corrected chi connectivity index (χ1v) is 5.68. The monoisotopic (exact) mass is 240 g/mol. The topological polar surface area (TPSA) is 23.6 Å². The maximum Gasteiger partial charge on any atom is 0.253 e. The Bertz CT molecular complexity index is 366. The molecule has 1 amide bonds. The predicted octanol–water partition coefficient (Wildman–Crippen LogP) is 2.06. The van der Waals surface area contributed by atoms with Crippen LogP contribution in [-0.2, 0) is 0 Å². The molecule has 0 N–H and O–H groups in total. The summed E-state index contributed by atoms with van der Waals surface area (Å²) in [5.41, 5.74) is 1.71. The Kier molecular flexibility index (Phi) is 4.62. The average Bonchev–Trinajstić information content (AvgIpc) is 2.28. The molecule has 0 saturated carbocycles. The van der Waals surface area contributed by atoms with Crippen molar-refractivity contribution in [2.75, 3.05) is 38.5 Å². The van der Waals surface area contributed by atoms with Crippen LogP contribution >= 0.6 is 11.6 Å². The van der Waals surface area contributed by atoms with Gasteiger partial charge in [-0.1, -0.05) is 6.07 Å². The Labute approximate surface area is 102 Å². The summed E-state index contributed by atoms with van der Waals surface area (Å²) in [5.74, 6) is 0.458. The number of hydrogen-bond donors (Lipinski definition) is 0. The van der Waals surface area contributed by atoms with Crippen molar-refractivity contribution >= 4 is 23.2 Å². The molecular weight excluding hydrogens is 224 g/mol.